The monoisotopic (exact) mass is 253 g/mol. The normalized spacial score (nSPS) is 12.0. The molecule has 0 saturated carbocycles. The summed E-state index contributed by atoms with van der Waals surface area (Å²) >= 11 is 0. The molecule has 1 atom stereocenters. The summed E-state index contributed by atoms with van der Waals surface area (Å²) in [6.07, 6.45) is 1.12. The van der Waals surface area contributed by atoms with Crippen LogP contribution < -0.4 is 15.4 Å². The first-order valence-electron chi connectivity index (χ1n) is 6.56. The first-order valence-corrected chi connectivity index (χ1v) is 6.56. The highest BCUT2D eigenvalue weighted by atomic mass is 16.5. The smallest absolute Gasteiger partial charge is 0.323 e. The van der Waals surface area contributed by atoms with Gasteiger partial charge in [0.05, 0.1) is 6.61 Å². The lowest BCUT2D eigenvalue weighted by atomic mass is 10.1. The Morgan fingerprint density at radius 1 is 1.06 bits per heavy atom. The summed E-state index contributed by atoms with van der Waals surface area (Å²) in [7, 11) is 0. The molecular weight excluding hydrogens is 230 g/mol. The van der Waals surface area contributed by atoms with Crippen molar-refractivity contribution in [3.63, 3.8) is 0 Å². The maximum atomic E-state index is 5.32. The van der Waals surface area contributed by atoms with Gasteiger partial charge in [-0.15, -0.1) is 0 Å². The minimum Gasteiger partial charge on any atom is -0.464 e. The van der Waals surface area contributed by atoms with Crippen molar-refractivity contribution in [3.8, 4) is 6.01 Å². The highest BCUT2D eigenvalue weighted by molar-refractivity contribution is 5.35. The summed E-state index contributed by atoms with van der Waals surface area (Å²) in [5.74, 6) is 1.69. The van der Waals surface area contributed by atoms with Gasteiger partial charge in [0, 0.05) is 13.1 Å². The van der Waals surface area contributed by atoms with E-state index in [9.17, 15) is 0 Å². The zero-order chi connectivity index (χ0) is 13.4. The molecule has 0 aliphatic rings. The molecule has 0 amide bonds. The van der Waals surface area contributed by atoms with Gasteiger partial charge in [0.1, 0.15) is 0 Å². The van der Waals surface area contributed by atoms with Crippen LogP contribution in [-0.2, 0) is 0 Å². The second-order valence-electron chi connectivity index (χ2n) is 4.12. The van der Waals surface area contributed by atoms with Crippen LogP contribution in [0.25, 0.3) is 0 Å². The maximum absolute atomic E-state index is 5.32. The van der Waals surface area contributed by atoms with Crippen molar-refractivity contribution < 1.29 is 4.74 Å². The Morgan fingerprint density at radius 3 is 2.28 bits per heavy atom. The fraction of sp³-hybridized carbons (Fsp3) is 0.750. The molecule has 0 fully saturated rings. The van der Waals surface area contributed by atoms with Crippen molar-refractivity contribution in [2.75, 3.05) is 30.3 Å². The Morgan fingerprint density at radius 2 is 1.72 bits per heavy atom. The molecule has 0 aliphatic heterocycles. The lowest BCUT2D eigenvalue weighted by Gasteiger charge is -2.12. The Balaban J connectivity index is 2.75. The van der Waals surface area contributed by atoms with Crippen LogP contribution in [0, 0.1) is 5.92 Å². The standard InChI is InChI=1S/C12H23N5O/c1-5-9(4)8-14-11-15-10(13-6-2)16-12(17-11)18-7-3/h9H,5-8H2,1-4H3,(H2,13,14,15,16,17). The number of aromatic nitrogens is 3. The van der Waals surface area contributed by atoms with Gasteiger partial charge in [-0.05, 0) is 19.8 Å². The van der Waals surface area contributed by atoms with Crippen LogP contribution in [0.2, 0.25) is 0 Å². The van der Waals surface area contributed by atoms with Crippen molar-refractivity contribution in [1.29, 1.82) is 0 Å². The minimum absolute atomic E-state index is 0.357. The van der Waals surface area contributed by atoms with Gasteiger partial charge in [0.25, 0.3) is 0 Å². The number of hydrogen-bond acceptors (Lipinski definition) is 6. The predicted octanol–water partition coefficient (Wildman–Crippen LogP) is 2.16. The number of ether oxygens (including phenoxy) is 1. The van der Waals surface area contributed by atoms with E-state index in [1.54, 1.807) is 0 Å². The van der Waals surface area contributed by atoms with Crippen LogP contribution in [-0.4, -0.2) is 34.6 Å². The van der Waals surface area contributed by atoms with E-state index in [4.69, 9.17) is 4.74 Å². The summed E-state index contributed by atoms with van der Waals surface area (Å²) in [5, 5.41) is 6.28. The summed E-state index contributed by atoms with van der Waals surface area (Å²) in [6.45, 7) is 10.4. The fourth-order valence-corrected chi connectivity index (χ4v) is 1.28. The van der Waals surface area contributed by atoms with Crippen molar-refractivity contribution in [3.05, 3.63) is 0 Å². The number of nitrogens with zero attached hydrogens (tertiary/aromatic N) is 3. The van der Waals surface area contributed by atoms with E-state index < -0.39 is 0 Å². The zero-order valence-corrected chi connectivity index (χ0v) is 11.7. The maximum Gasteiger partial charge on any atom is 0.323 e. The molecule has 0 aliphatic carbocycles. The van der Waals surface area contributed by atoms with Crippen LogP contribution >= 0.6 is 0 Å². The lowest BCUT2D eigenvalue weighted by Crippen LogP contribution is -2.15. The van der Waals surface area contributed by atoms with E-state index in [1.165, 1.54) is 0 Å². The summed E-state index contributed by atoms with van der Waals surface area (Å²) in [4.78, 5) is 12.7. The van der Waals surface area contributed by atoms with Gasteiger partial charge in [-0.3, -0.25) is 0 Å². The van der Waals surface area contributed by atoms with Gasteiger partial charge in [0.15, 0.2) is 0 Å². The SMILES string of the molecule is CCNc1nc(NCC(C)CC)nc(OCC)n1. The first kappa shape index (κ1) is 14.5. The molecule has 1 aromatic heterocycles. The molecule has 18 heavy (non-hydrogen) atoms. The van der Waals surface area contributed by atoms with Gasteiger partial charge in [-0.25, -0.2) is 0 Å². The summed E-state index contributed by atoms with van der Waals surface area (Å²) in [5.41, 5.74) is 0. The molecule has 102 valence electrons. The van der Waals surface area contributed by atoms with Crippen molar-refractivity contribution in [2.24, 2.45) is 5.92 Å². The summed E-state index contributed by atoms with van der Waals surface area (Å²) in [6, 6.07) is 0.357. The molecule has 1 aromatic rings. The van der Waals surface area contributed by atoms with E-state index in [0.717, 1.165) is 19.5 Å². The molecule has 0 spiro atoms. The van der Waals surface area contributed by atoms with Crippen LogP contribution in [0.5, 0.6) is 6.01 Å². The number of anilines is 2. The van der Waals surface area contributed by atoms with E-state index in [1.807, 2.05) is 13.8 Å². The van der Waals surface area contributed by atoms with Crippen LogP contribution in [0.3, 0.4) is 0 Å². The average Bonchev–Trinajstić information content (AvgIpc) is 2.36. The Bertz CT molecular complexity index is 334. The highest BCUT2D eigenvalue weighted by Gasteiger charge is 2.07. The molecule has 2 N–H and O–H groups in total. The topological polar surface area (TPSA) is 72.0 Å². The molecule has 6 heteroatoms. The average molecular weight is 253 g/mol. The highest BCUT2D eigenvalue weighted by Crippen LogP contribution is 2.12. The van der Waals surface area contributed by atoms with Crippen molar-refractivity contribution in [2.45, 2.75) is 34.1 Å². The van der Waals surface area contributed by atoms with E-state index in [-0.39, 0.29) is 0 Å². The third-order valence-electron chi connectivity index (χ3n) is 2.53. The summed E-state index contributed by atoms with van der Waals surface area (Å²) < 4.78 is 5.32. The van der Waals surface area contributed by atoms with Crippen LogP contribution in [0.1, 0.15) is 34.1 Å². The van der Waals surface area contributed by atoms with Gasteiger partial charge in [0.2, 0.25) is 11.9 Å². The molecule has 1 rings (SSSR count). The van der Waals surface area contributed by atoms with Gasteiger partial charge >= 0.3 is 6.01 Å². The Labute approximate surface area is 109 Å². The minimum atomic E-state index is 0.357. The number of rotatable bonds is 8. The van der Waals surface area contributed by atoms with E-state index in [2.05, 4.69) is 39.4 Å². The molecule has 1 unspecified atom stereocenters. The predicted molar refractivity (Wildman–Crippen MR) is 73.1 cm³/mol. The fourth-order valence-electron chi connectivity index (χ4n) is 1.28. The largest absolute Gasteiger partial charge is 0.464 e. The molecule has 0 saturated heterocycles. The first-order chi connectivity index (χ1) is 8.69. The third-order valence-corrected chi connectivity index (χ3v) is 2.53. The molecule has 0 radical (unpaired) electrons. The quantitative estimate of drug-likeness (QED) is 0.739. The second kappa shape index (κ2) is 7.68. The zero-order valence-electron chi connectivity index (χ0n) is 11.7. The number of hydrogen-bond donors (Lipinski definition) is 2. The molecule has 0 bridgehead atoms. The number of nitrogens with one attached hydrogen (secondary N) is 2. The van der Waals surface area contributed by atoms with Gasteiger partial charge < -0.3 is 15.4 Å². The van der Waals surface area contributed by atoms with E-state index in [0.29, 0.717) is 30.4 Å². The van der Waals surface area contributed by atoms with Crippen molar-refractivity contribution in [1.82, 2.24) is 15.0 Å². The van der Waals surface area contributed by atoms with Crippen LogP contribution in [0.15, 0.2) is 0 Å². The lowest BCUT2D eigenvalue weighted by molar-refractivity contribution is 0.312. The molecular formula is C12H23N5O. The second-order valence-corrected chi connectivity index (χ2v) is 4.12. The van der Waals surface area contributed by atoms with Gasteiger partial charge in [-0.2, -0.15) is 15.0 Å². The van der Waals surface area contributed by atoms with E-state index >= 15 is 0 Å². The molecule has 6 nitrogen and oxygen atoms in total. The Kier molecular flexibility index (Phi) is 6.18. The molecule has 0 aromatic carbocycles. The van der Waals surface area contributed by atoms with Gasteiger partial charge in [-0.1, -0.05) is 20.3 Å². The van der Waals surface area contributed by atoms with Crippen LogP contribution in [0.4, 0.5) is 11.9 Å². The van der Waals surface area contributed by atoms with Crippen molar-refractivity contribution >= 4 is 11.9 Å². The molecule has 1 heterocycles. The Hall–Kier alpha value is -1.59. The third kappa shape index (κ3) is 4.73.